The number of hydrogen-bond donors (Lipinski definition) is 0. The van der Waals surface area contributed by atoms with Crippen LogP contribution in [0.4, 0.5) is 0 Å². The van der Waals surface area contributed by atoms with E-state index in [2.05, 4.69) is 5.10 Å². The molecule has 0 atom stereocenters. The van der Waals surface area contributed by atoms with E-state index in [-0.39, 0.29) is 12.4 Å². The van der Waals surface area contributed by atoms with Gasteiger partial charge in [-0.25, -0.2) is 4.68 Å². The molecule has 3 aromatic rings. The molecule has 21 heavy (non-hydrogen) atoms. The molecule has 0 N–H and O–H groups in total. The highest BCUT2D eigenvalue weighted by molar-refractivity contribution is 5.80. The molecule has 0 radical (unpaired) electrons. The van der Waals surface area contributed by atoms with Gasteiger partial charge in [-0.3, -0.25) is 4.79 Å². The molecule has 1 aliphatic rings. The fourth-order valence-electron chi connectivity index (χ4n) is 2.45. The van der Waals surface area contributed by atoms with E-state index in [1.807, 2.05) is 42.5 Å². The van der Waals surface area contributed by atoms with Gasteiger partial charge in [0, 0.05) is 5.39 Å². The minimum Gasteiger partial charge on any atom is -0.454 e. The second-order valence-electron chi connectivity index (χ2n) is 4.88. The molecular weight excluding hydrogens is 268 g/mol. The SMILES string of the molecule is O=c1c2ccccc2cnn1Cc1ccc2c(c1)OCO2. The van der Waals surface area contributed by atoms with E-state index in [0.717, 1.165) is 16.7 Å². The number of aromatic nitrogens is 2. The van der Waals surface area contributed by atoms with E-state index in [1.54, 1.807) is 6.20 Å². The number of ether oxygens (including phenoxy) is 2. The molecule has 0 fully saturated rings. The van der Waals surface area contributed by atoms with Crippen molar-refractivity contribution in [2.45, 2.75) is 6.54 Å². The van der Waals surface area contributed by atoms with Gasteiger partial charge in [-0.15, -0.1) is 0 Å². The predicted molar refractivity (Wildman–Crippen MR) is 77.7 cm³/mol. The minimum atomic E-state index is -0.0919. The molecule has 1 aromatic heterocycles. The number of nitrogens with zero attached hydrogens (tertiary/aromatic N) is 2. The van der Waals surface area contributed by atoms with Gasteiger partial charge in [-0.2, -0.15) is 5.10 Å². The maximum absolute atomic E-state index is 12.4. The second kappa shape index (κ2) is 4.63. The average Bonchev–Trinajstić information content (AvgIpc) is 2.98. The molecule has 0 amide bonds. The van der Waals surface area contributed by atoms with Gasteiger partial charge in [0.1, 0.15) is 0 Å². The lowest BCUT2D eigenvalue weighted by molar-refractivity contribution is 0.174. The van der Waals surface area contributed by atoms with Gasteiger partial charge >= 0.3 is 0 Å². The van der Waals surface area contributed by atoms with Crippen LogP contribution in [0.5, 0.6) is 11.5 Å². The Bertz CT molecular complexity index is 886. The number of hydrogen-bond acceptors (Lipinski definition) is 4. The standard InChI is InChI=1S/C16H12N2O3/c19-16-13-4-2-1-3-12(13)8-17-18(16)9-11-5-6-14-15(7-11)21-10-20-14/h1-8H,9-10H2. The summed E-state index contributed by atoms with van der Waals surface area (Å²) in [6.45, 7) is 0.646. The first-order valence-corrected chi connectivity index (χ1v) is 6.65. The molecule has 0 spiro atoms. The Balaban J connectivity index is 1.74. The van der Waals surface area contributed by atoms with Crippen LogP contribution >= 0.6 is 0 Å². The van der Waals surface area contributed by atoms with Gasteiger partial charge in [-0.1, -0.05) is 24.3 Å². The van der Waals surface area contributed by atoms with Crippen LogP contribution in [0.3, 0.4) is 0 Å². The highest BCUT2D eigenvalue weighted by Gasteiger charge is 2.13. The van der Waals surface area contributed by atoms with E-state index in [9.17, 15) is 4.79 Å². The van der Waals surface area contributed by atoms with Crippen LogP contribution in [0, 0.1) is 0 Å². The van der Waals surface area contributed by atoms with Crippen molar-refractivity contribution in [3.63, 3.8) is 0 Å². The lowest BCUT2D eigenvalue weighted by Gasteiger charge is -2.07. The first-order valence-electron chi connectivity index (χ1n) is 6.65. The molecule has 4 rings (SSSR count). The first-order chi connectivity index (χ1) is 10.3. The number of fused-ring (bicyclic) bond motifs is 2. The molecule has 5 nitrogen and oxygen atoms in total. The molecule has 2 aromatic carbocycles. The third-order valence-electron chi connectivity index (χ3n) is 3.53. The van der Waals surface area contributed by atoms with Crippen molar-refractivity contribution < 1.29 is 9.47 Å². The van der Waals surface area contributed by atoms with Crippen LogP contribution in [-0.4, -0.2) is 16.6 Å². The Kier molecular flexibility index (Phi) is 2.64. The highest BCUT2D eigenvalue weighted by Crippen LogP contribution is 2.32. The van der Waals surface area contributed by atoms with E-state index in [0.29, 0.717) is 17.7 Å². The molecular formula is C16H12N2O3. The minimum absolute atomic E-state index is 0.0919. The molecule has 5 heteroatoms. The molecule has 0 bridgehead atoms. The van der Waals surface area contributed by atoms with Crippen LogP contribution in [0.2, 0.25) is 0 Å². The molecule has 2 heterocycles. The largest absolute Gasteiger partial charge is 0.454 e. The van der Waals surface area contributed by atoms with E-state index in [4.69, 9.17) is 9.47 Å². The fraction of sp³-hybridized carbons (Fsp3) is 0.125. The third kappa shape index (κ3) is 2.03. The maximum atomic E-state index is 12.4. The third-order valence-corrected chi connectivity index (χ3v) is 3.53. The van der Waals surface area contributed by atoms with Gasteiger partial charge in [-0.05, 0) is 23.8 Å². The summed E-state index contributed by atoms with van der Waals surface area (Å²) in [5, 5.41) is 5.75. The molecule has 104 valence electrons. The topological polar surface area (TPSA) is 53.4 Å². The summed E-state index contributed by atoms with van der Waals surface area (Å²) >= 11 is 0. The van der Waals surface area contributed by atoms with Crippen molar-refractivity contribution in [2.75, 3.05) is 6.79 Å². The number of rotatable bonds is 2. The zero-order valence-electron chi connectivity index (χ0n) is 11.2. The lowest BCUT2D eigenvalue weighted by Crippen LogP contribution is -2.23. The van der Waals surface area contributed by atoms with Gasteiger partial charge in [0.25, 0.3) is 5.56 Å². The summed E-state index contributed by atoms with van der Waals surface area (Å²) in [7, 11) is 0. The lowest BCUT2D eigenvalue weighted by atomic mass is 10.2. The van der Waals surface area contributed by atoms with Crippen LogP contribution in [-0.2, 0) is 6.54 Å². The maximum Gasteiger partial charge on any atom is 0.274 e. The predicted octanol–water partition coefficient (Wildman–Crippen LogP) is 2.17. The van der Waals surface area contributed by atoms with E-state index >= 15 is 0 Å². The van der Waals surface area contributed by atoms with Crippen molar-refractivity contribution in [2.24, 2.45) is 0 Å². The fourth-order valence-corrected chi connectivity index (χ4v) is 2.45. The first kappa shape index (κ1) is 12.0. The van der Waals surface area contributed by atoms with Crippen molar-refractivity contribution >= 4 is 10.8 Å². The average molecular weight is 280 g/mol. The summed E-state index contributed by atoms with van der Waals surface area (Å²) in [6, 6.07) is 13.1. The summed E-state index contributed by atoms with van der Waals surface area (Å²) in [6.07, 6.45) is 1.71. The van der Waals surface area contributed by atoms with Gasteiger partial charge in [0.05, 0.1) is 18.1 Å². The summed E-state index contributed by atoms with van der Waals surface area (Å²) in [5.74, 6) is 1.44. The van der Waals surface area contributed by atoms with Gasteiger partial charge < -0.3 is 9.47 Å². The quantitative estimate of drug-likeness (QED) is 0.722. The number of benzene rings is 2. The normalized spacial score (nSPS) is 12.8. The Labute approximate surface area is 120 Å². The Hall–Kier alpha value is -2.82. The Morgan fingerprint density at radius 2 is 1.95 bits per heavy atom. The van der Waals surface area contributed by atoms with Gasteiger partial charge in [0.2, 0.25) is 6.79 Å². The van der Waals surface area contributed by atoms with Crippen molar-refractivity contribution in [1.82, 2.24) is 9.78 Å². The summed E-state index contributed by atoms with van der Waals surface area (Å²) in [5.41, 5.74) is 0.856. The summed E-state index contributed by atoms with van der Waals surface area (Å²) in [4.78, 5) is 12.4. The Morgan fingerprint density at radius 1 is 1.10 bits per heavy atom. The van der Waals surface area contributed by atoms with Crippen LogP contribution in [0.25, 0.3) is 10.8 Å². The summed E-state index contributed by atoms with van der Waals surface area (Å²) < 4.78 is 12.1. The monoisotopic (exact) mass is 280 g/mol. The van der Waals surface area contributed by atoms with Crippen LogP contribution < -0.4 is 15.0 Å². The van der Waals surface area contributed by atoms with Crippen molar-refractivity contribution in [3.8, 4) is 11.5 Å². The van der Waals surface area contributed by atoms with E-state index < -0.39 is 0 Å². The molecule has 0 saturated heterocycles. The van der Waals surface area contributed by atoms with Crippen molar-refractivity contribution in [1.29, 1.82) is 0 Å². The zero-order valence-corrected chi connectivity index (χ0v) is 11.2. The van der Waals surface area contributed by atoms with Crippen LogP contribution in [0.1, 0.15) is 5.56 Å². The van der Waals surface area contributed by atoms with Crippen molar-refractivity contribution in [3.05, 3.63) is 64.6 Å². The highest BCUT2D eigenvalue weighted by atomic mass is 16.7. The smallest absolute Gasteiger partial charge is 0.274 e. The molecule has 0 aliphatic carbocycles. The molecule has 0 saturated carbocycles. The van der Waals surface area contributed by atoms with Crippen LogP contribution in [0.15, 0.2) is 53.5 Å². The second-order valence-corrected chi connectivity index (χ2v) is 4.88. The van der Waals surface area contributed by atoms with Gasteiger partial charge in [0.15, 0.2) is 11.5 Å². The Morgan fingerprint density at radius 3 is 2.90 bits per heavy atom. The molecule has 1 aliphatic heterocycles. The zero-order chi connectivity index (χ0) is 14.2. The van der Waals surface area contributed by atoms with E-state index in [1.165, 1.54) is 4.68 Å². The molecule has 0 unspecified atom stereocenters.